The molecular weight excluding hydrogens is 312 g/mol. The summed E-state index contributed by atoms with van der Waals surface area (Å²) in [5, 5.41) is 3.91. The molecule has 0 radical (unpaired) electrons. The molecule has 0 atom stereocenters. The number of hydrogen-bond acceptors (Lipinski definition) is 5. The average Bonchev–Trinajstić information content (AvgIpc) is 2.90. The van der Waals surface area contributed by atoms with E-state index >= 15 is 0 Å². The number of carbonyl (C=O) groups excluding carboxylic acids is 3. The summed E-state index contributed by atoms with van der Waals surface area (Å²) in [6.45, 7) is 5.75. The van der Waals surface area contributed by atoms with E-state index in [4.69, 9.17) is 4.74 Å². The zero-order valence-corrected chi connectivity index (χ0v) is 15.2. The maximum absolute atomic E-state index is 12.1. The van der Waals surface area contributed by atoms with Crippen molar-refractivity contribution < 1.29 is 19.1 Å². The zero-order valence-electron chi connectivity index (χ0n) is 15.2. The third-order valence-electron chi connectivity index (χ3n) is 3.22. The monoisotopic (exact) mass is 338 g/mol. The van der Waals surface area contributed by atoms with Crippen molar-refractivity contribution in [2.75, 3.05) is 20.6 Å². The number of hydrogen-bond donors (Lipinski definition) is 0. The molecule has 0 N–H and O–H groups in total. The molecule has 8 heteroatoms. The van der Waals surface area contributed by atoms with Gasteiger partial charge in [0.2, 0.25) is 5.91 Å². The molecule has 0 aromatic carbocycles. The Morgan fingerprint density at radius 3 is 2.38 bits per heavy atom. The molecule has 0 spiro atoms. The van der Waals surface area contributed by atoms with Crippen LogP contribution in [0.4, 0.5) is 4.79 Å². The molecule has 1 rings (SSSR count). The lowest BCUT2D eigenvalue weighted by atomic mass is 10.2. The number of carbonyl (C=O) groups is 3. The number of nitrogens with zero attached hydrogens (tertiary/aromatic N) is 4. The summed E-state index contributed by atoms with van der Waals surface area (Å²) in [4.78, 5) is 38.5. The predicted octanol–water partition coefficient (Wildman–Crippen LogP) is 1.67. The van der Waals surface area contributed by atoms with Gasteiger partial charge < -0.3 is 9.64 Å². The van der Waals surface area contributed by atoms with Crippen LogP contribution in [0.1, 0.15) is 44.0 Å². The van der Waals surface area contributed by atoms with Crippen LogP contribution in [0.3, 0.4) is 0 Å². The van der Waals surface area contributed by atoms with Gasteiger partial charge in [0.15, 0.2) is 0 Å². The fourth-order valence-electron chi connectivity index (χ4n) is 1.90. The Kier molecular flexibility index (Phi) is 6.51. The van der Waals surface area contributed by atoms with Gasteiger partial charge in [-0.25, -0.2) is 4.79 Å². The number of imide groups is 1. The number of aryl methyl sites for hydroxylation is 1. The van der Waals surface area contributed by atoms with E-state index in [1.807, 2.05) is 0 Å². The van der Waals surface area contributed by atoms with Crippen molar-refractivity contribution in [2.24, 2.45) is 7.05 Å². The molecule has 0 aliphatic heterocycles. The molecule has 3 amide bonds. The molecule has 0 aliphatic rings. The van der Waals surface area contributed by atoms with Crippen LogP contribution in [-0.2, 0) is 16.6 Å². The lowest BCUT2D eigenvalue weighted by Crippen LogP contribution is -2.36. The van der Waals surface area contributed by atoms with Gasteiger partial charge in [-0.15, -0.1) is 0 Å². The Hall–Kier alpha value is -2.38. The third-order valence-corrected chi connectivity index (χ3v) is 3.22. The summed E-state index contributed by atoms with van der Waals surface area (Å²) in [6.07, 6.45) is 3.15. The van der Waals surface area contributed by atoms with Crippen molar-refractivity contribution in [3.8, 4) is 0 Å². The van der Waals surface area contributed by atoms with Crippen molar-refractivity contribution in [1.82, 2.24) is 19.6 Å². The molecule has 0 bridgehead atoms. The molecule has 8 nitrogen and oxygen atoms in total. The SMILES string of the molecule is CN(CCCC(=O)N(C)C(=O)c1cnn(C)c1)C(=O)OC(C)(C)C. The fourth-order valence-corrected chi connectivity index (χ4v) is 1.90. The molecule has 0 unspecified atom stereocenters. The summed E-state index contributed by atoms with van der Waals surface area (Å²) in [7, 11) is 4.75. The van der Waals surface area contributed by atoms with E-state index in [0.29, 0.717) is 18.5 Å². The minimum absolute atomic E-state index is 0.162. The minimum atomic E-state index is -0.558. The third kappa shape index (κ3) is 6.02. The number of amides is 3. The standard InChI is InChI=1S/C16H26N4O4/c1-16(2,3)24-15(23)18(4)9-7-8-13(21)20(6)14(22)12-10-17-19(5)11-12/h10-11H,7-9H2,1-6H3. The highest BCUT2D eigenvalue weighted by atomic mass is 16.6. The van der Waals surface area contributed by atoms with Crippen molar-refractivity contribution >= 4 is 17.9 Å². The van der Waals surface area contributed by atoms with Crippen molar-refractivity contribution in [3.05, 3.63) is 18.0 Å². The number of ether oxygens (including phenoxy) is 1. The van der Waals surface area contributed by atoms with Crippen LogP contribution >= 0.6 is 0 Å². The van der Waals surface area contributed by atoms with Gasteiger partial charge in [0, 0.05) is 40.3 Å². The van der Waals surface area contributed by atoms with Crippen molar-refractivity contribution in [1.29, 1.82) is 0 Å². The Morgan fingerprint density at radius 1 is 1.25 bits per heavy atom. The van der Waals surface area contributed by atoms with E-state index in [1.165, 1.54) is 22.8 Å². The van der Waals surface area contributed by atoms with Crippen molar-refractivity contribution in [3.63, 3.8) is 0 Å². The van der Waals surface area contributed by atoms with Gasteiger partial charge in [-0.05, 0) is 27.2 Å². The molecule has 0 aliphatic carbocycles. The first kappa shape index (κ1) is 19.7. The maximum Gasteiger partial charge on any atom is 0.410 e. The Balaban J connectivity index is 2.43. The highest BCUT2D eigenvalue weighted by molar-refractivity contribution is 6.04. The first-order chi connectivity index (χ1) is 11.0. The van der Waals surface area contributed by atoms with Crippen LogP contribution in [0.5, 0.6) is 0 Å². The summed E-state index contributed by atoms with van der Waals surface area (Å²) < 4.78 is 6.73. The molecule has 0 fully saturated rings. The second kappa shape index (κ2) is 7.94. The summed E-state index contributed by atoms with van der Waals surface area (Å²) in [5.41, 5.74) is -0.198. The van der Waals surface area contributed by atoms with Gasteiger partial charge >= 0.3 is 6.09 Å². The molecule has 1 heterocycles. The first-order valence-electron chi connectivity index (χ1n) is 7.75. The molecular formula is C16H26N4O4. The summed E-state index contributed by atoms with van der Waals surface area (Å²) in [5.74, 6) is -0.699. The number of aromatic nitrogens is 2. The maximum atomic E-state index is 12.1. The lowest BCUT2D eigenvalue weighted by Gasteiger charge is -2.24. The second-order valence-electron chi connectivity index (χ2n) is 6.67. The van der Waals surface area contributed by atoms with E-state index in [2.05, 4.69) is 5.10 Å². The molecule has 0 saturated carbocycles. The smallest absolute Gasteiger partial charge is 0.410 e. The largest absolute Gasteiger partial charge is 0.444 e. The van der Waals surface area contributed by atoms with Gasteiger partial charge in [-0.3, -0.25) is 19.2 Å². The predicted molar refractivity (Wildman–Crippen MR) is 88.4 cm³/mol. The van der Waals surface area contributed by atoms with Crippen LogP contribution in [-0.4, -0.2) is 63.7 Å². The van der Waals surface area contributed by atoms with Crippen LogP contribution in [0.15, 0.2) is 12.4 Å². The Labute approximate surface area is 142 Å². The van der Waals surface area contributed by atoms with Gasteiger partial charge in [0.25, 0.3) is 5.91 Å². The summed E-state index contributed by atoms with van der Waals surface area (Å²) >= 11 is 0. The van der Waals surface area contributed by atoms with E-state index in [1.54, 1.807) is 41.1 Å². The normalized spacial score (nSPS) is 11.1. The number of rotatable bonds is 5. The lowest BCUT2D eigenvalue weighted by molar-refractivity contribution is -0.127. The minimum Gasteiger partial charge on any atom is -0.444 e. The zero-order chi connectivity index (χ0) is 18.5. The Bertz CT molecular complexity index is 603. The van der Waals surface area contributed by atoms with Gasteiger partial charge in [-0.1, -0.05) is 0 Å². The van der Waals surface area contributed by atoms with Crippen LogP contribution in [0, 0.1) is 0 Å². The highest BCUT2D eigenvalue weighted by Gasteiger charge is 2.21. The van der Waals surface area contributed by atoms with Crippen LogP contribution in [0.2, 0.25) is 0 Å². The molecule has 1 aromatic rings. The van der Waals surface area contributed by atoms with Crippen LogP contribution < -0.4 is 0 Å². The van der Waals surface area contributed by atoms with Gasteiger partial charge in [0.05, 0.1) is 11.8 Å². The topological polar surface area (TPSA) is 84.7 Å². The average molecular weight is 338 g/mol. The second-order valence-corrected chi connectivity index (χ2v) is 6.67. The Morgan fingerprint density at radius 2 is 1.88 bits per heavy atom. The molecule has 1 aromatic heterocycles. The molecule has 0 saturated heterocycles. The first-order valence-corrected chi connectivity index (χ1v) is 7.75. The molecule has 134 valence electrons. The van der Waals surface area contributed by atoms with E-state index in [0.717, 1.165) is 4.90 Å². The van der Waals surface area contributed by atoms with Gasteiger partial charge in [0.1, 0.15) is 5.60 Å². The highest BCUT2D eigenvalue weighted by Crippen LogP contribution is 2.10. The fraction of sp³-hybridized carbons (Fsp3) is 0.625. The van der Waals surface area contributed by atoms with E-state index < -0.39 is 17.6 Å². The van der Waals surface area contributed by atoms with Crippen molar-refractivity contribution in [2.45, 2.75) is 39.2 Å². The molecule has 24 heavy (non-hydrogen) atoms. The van der Waals surface area contributed by atoms with Crippen LogP contribution in [0.25, 0.3) is 0 Å². The van der Waals surface area contributed by atoms with E-state index in [-0.39, 0.29) is 12.3 Å². The summed E-state index contributed by atoms with van der Waals surface area (Å²) in [6, 6.07) is 0. The van der Waals surface area contributed by atoms with Gasteiger partial charge in [-0.2, -0.15) is 5.10 Å². The quantitative estimate of drug-likeness (QED) is 0.815. The van der Waals surface area contributed by atoms with E-state index in [9.17, 15) is 14.4 Å².